The average molecular weight is 496 g/mol. The number of para-hydroxylation sites is 1. The standard InChI is InChI=1S/C20H20BrClN4O4/c1-2-9-23-19(28)20(29)26-24-11-13-10-14(21)7-8-17(13)30-12-18(27)25-16-6-4-3-5-15(16)22/h3-8,10-11H,2,9,12H2,1H3,(H,23,28)(H,25,27)(H,26,29)/b24-11-. The minimum atomic E-state index is -0.878. The van der Waals surface area contributed by atoms with Crippen molar-refractivity contribution in [2.24, 2.45) is 5.10 Å². The zero-order chi connectivity index (χ0) is 21.9. The number of hydrazone groups is 1. The first kappa shape index (κ1) is 23.4. The topological polar surface area (TPSA) is 109 Å². The van der Waals surface area contributed by atoms with E-state index in [9.17, 15) is 14.4 Å². The molecular formula is C20H20BrClN4O4. The van der Waals surface area contributed by atoms with Gasteiger partial charge in [-0.2, -0.15) is 5.10 Å². The fraction of sp³-hybridized carbons (Fsp3) is 0.200. The minimum absolute atomic E-state index is 0.264. The Hall–Kier alpha value is -2.91. The lowest BCUT2D eigenvalue weighted by Gasteiger charge is -2.11. The summed E-state index contributed by atoms with van der Waals surface area (Å²) < 4.78 is 6.30. The number of rotatable bonds is 8. The van der Waals surface area contributed by atoms with Crippen molar-refractivity contribution in [1.29, 1.82) is 0 Å². The number of amides is 3. The lowest BCUT2D eigenvalue weighted by molar-refractivity contribution is -0.139. The number of hydrogen-bond donors (Lipinski definition) is 3. The Morgan fingerprint density at radius 1 is 1.17 bits per heavy atom. The van der Waals surface area contributed by atoms with Crippen molar-refractivity contribution in [3.8, 4) is 5.75 Å². The first-order chi connectivity index (χ1) is 14.4. The van der Waals surface area contributed by atoms with Crippen LogP contribution in [0.3, 0.4) is 0 Å². The van der Waals surface area contributed by atoms with Crippen LogP contribution in [0.4, 0.5) is 5.69 Å². The molecule has 0 aliphatic rings. The highest BCUT2D eigenvalue weighted by Crippen LogP contribution is 2.23. The maximum absolute atomic E-state index is 12.1. The maximum atomic E-state index is 12.1. The number of ether oxygens (including phenoxy) is 1. The van der Waals surface area contributed by atoms with Gasteiger partial charge in [0.1, 0.15) is 5.75 Å². The number of nitrogens with one attached hydrogen (secondary N) is 3. The molecule has 2 rings (SSSR count). The van der Waals surface area contributed by atoms with Gasteiger partial charge in [-0.1, -0.05) is 46.6 Å². The highest BCUT2D eigenvalue weighted by molar-refractivity contribution is 9.10. The molecule has 0 saturated heterocycles. The van der Waals surface area contributed by atoms with E-state index in [1.807, 2.05) is 6.92 Å². The first-order valence-corrected chi connectivity index (χ1v) is 10.2. The van der Waals surface area contributed by atoms with E-state index in [4.69, 9.17) is 16.3 Å². The summed E-state index contributed by atoms with van der Waals surface area (Å²) in [7, 11) is 0. The van der Waals surface area contributed by atoms with Gasteiger partial charge in [-0.25, -0.2) is 5.43 Å². The van der Waals surface area contributed by atoms with Gasteiger partial charge in [0.2, 0.25) is 0 Å². The molecule has 0 fully saturated rings. The minimum Gasteiger partial charge on any atom is -0.483 e. The van der Waals surface area contributed by atoms with E-state index in [0.717, 1.165) is 4.47 Å². The molecule has 0 atom stereocenters. The predicted octanol–water partition coefficient (Wildman–Crippen LogP) is 3.10. The van der Waals surface area contributed by atoms with Crippen LogP contribution >= 0.6 is 27.5 Å². The average Bonchev–Trinajstić information content (AvgIpc) is 2.73. The van der Waals surface area contributed by atoms with Gasteiger partial charge in [-0.05, 0) is 36.8 Å². The zero-order valence-electron chi connectivity index (χ0n) is 16.1. The van der Waals surface area contributed by atoms with Gasteiger partial charge in [0.05, 0.1) is 16.9 Å². The zero-order valence-corrected chi connectivity index (χ0v) is 18.4. The fourth-order valence-corrected chi connectivity index (χ4v) is 2.74. The summed E-state index contributed by atoms with van der Waals surface area (Å²) in [6, 6.07) is 11.9. The van der Waals surface area contributed by atoms with E-state index in [0.29, 0.717) is 35.0 Å². The number of nitrogens with zero attached hydrogens (tertiary/aromatic N) is 1. The Balaban J connectivity index is 1.97. The summed E-state index contributed by atoms with van der Waals surface area (Å²) in [5.41, 5.74) is 3.11. The number of hydrogen-bond acceptors (Lipinski definition) is 5. The van der Waals surface area contributed by atoms with Gasteiger partial charge in [0.15, 0.2) is 6.61 Å². The van der Waals surface area contributed by atoms with Crippen molar-refractivity contribution in [3.63, 3.8) is 0 Å². The molecule has 0 aliphatic carbocycles. The van der Waals surface area contributed by atoms with Crippen LogP contribution < -0.4 is 20.8 Å². The number of benzene rings is 2. The van der Waals surface area contributed by atoms with Gasteiger partial charge in [0, 0.05) is 16.6 Å². The summed E-state index contributed by atoms with van der Waals surface area (Å²) in [6.45, 7) is 2.01. The Morgan fingerprint density at radius 2 is 1.93 bits per heavy atom. The van der Waals surface area contributed by atoms with Crippen LogP contribution in [0.25, 0.3) is 0 Å². The quantitative estimate of drug-likeness (QED) is 0.297. The van der Waals surface area contributed by atoms with Crippen LogP contribution in [0.15, 0.2) is 52.0 Å². The predicted molar refractivity (Wildman–Crippen MR) is 119 cm³/mol. The lowest BCUT2D eigenvalue weighted by atomic mass is 10.2. The van der Waals surface area contributed by atoms with Crippen LogP contribution in [0, 0.1) is 0 Å². The lowest BCUT2D eigenvalue weighted by Crippen LogP contribution is -2.38. The monoisotopic (exact) mass is 494 g/mol. The third-order valence-corrected chi connectivity index (χ3v) is 4.41. The maximum Gasteiger partial charge on any atom is 0.329 e. The summed E-state index contributed by atoms with van der Waals surface area (Å²) in [5, 5.41) is 9.30. The van der Waals surface area contributed by atoms with Crippen LogP contribution in [-0.2, 0) is 14.4 Å². The van der Waals surface area contributed by atoms with Crippen molar-refractivity contribution in [2.75, 3.05) is 18.5 Å². The molecule has 0 saturated carbocycles. The largest absolute Gasteiger partial charge is 0.483 e. The fourth-order valence-electron chi connectivity index (χ4n) is 2.17. The summed E-state index contributed by atoms with van der Waals surface area (Å²) >= 11 is 9.36. The second kappa shape index (κ2) is 11.9. The number of halogens is 2. The molecule has 3 amide bonds. The van der Waals surface area contributed by atoms with Crippen LogP contribution in [0.2, 0.25) is 5.02 Å². The highest BCUT2D eigenvalue weighted by atomic mass is 79.9. The Kier molecular flexibility index (Phi) is 9.30. The van der Waals surface area contributed by atoms with E-state index in [1.165, 1.54) is 6.21 Å². The number of carbonyl (C=O) groups is 3. The van der Waals surface area contributed by atoms with Crippen LogP contribution in [0.5, 0.6) is 5.75 Å². The van der Waals surface area contributed by atoms with Gasteiger partial charge in [0.25, 0.3) is 5.91 Å². The first-order valence-electron chi connectivity index (χ1n) is 8.98. The van der Waals surface area contributed by atoms with Gasteiger partial charge >= 0.3 is 11.8 Å². The van der Waals surface area contributed by atoms with Crippen molar-refractivity contribution in [1.82, 2.24) is 10.7 Å². The Bertz CT molecular complexity index is 952. The van der Waals surface area contributed by atoms with Gasteiger partial charge in [-0.3, -0.25) is 14.4 Å². The Morgan fingerprint density at radius 3 is 2.67 bits per heavy atom. The molecule has 0 spiro atoms. The second-order valence-electron chi connectivity index (χ2n) is 5.95. The molecule has 0 aromatic heterocycles. The van der Waals surface area contributed by atoms with E-state index in [-0.39, 0.29) is 6.61 Å². The van der Waals surface area contributed by atoms with E-state index < -0.39 is 17.7 Å². The summed E-state index contributed by atoms with van der Waals surface area (Å²) in [6.07, 6.45) is 2.03. The highest BCUT2D eigenvalue weighted by Gasteiger charge is 2.12. The smallest absolute Gasteiger partial charge is 0.329 e. The van der Waals surface area contributed by atoms with E-state index >= 15 is 0 Å². The van der Waals surface area contributed by atoms with Crippen LogP contribution in [-0.4, -0.2) is 37.1 Å². The molecule has 158 valence electrons. The summed E-state index contributed by atoms with van der Waals surface area (Å²) in [5.74, 6) is -1.68. The van der Waals surface area contributed by atoms with Crippen molar-refractivity contribution in [3.05, 3.63) is 57.5 Å². The second-order valence-corrected chi connectivity index (χ2v) is 7.28. The van der Waals surface area contributed by atoms with E-state index in [1.54, 1.807) is 42.5 Å². The molecule has 8 nitrogen and oxygen atoms in total. The third-order valence-electron chi connectivity index (χ3n) is 3.59. The third kappa shape index (κ3) is 7.49. The molecule has 0 unspecified atom stereocenters. The molecule has 0 radical (unpaired) electrons. The van der Waals surface area contributed by atoms with Gasteiger partial charge in [-0.15, -0.1) is 0 Å². The number of carbonyl (C=O) groups excluding carboxylic acids is 3. The number of anilines is 1. The molecule has 2 aromatic carbocycles. The Labute approximate surface area is 187 Å². The van der Waals surface area contributed by atoms with Crippen molar-refractivity contribution >= 4 is 57.2 Å². The normalized spacial score (nSPS) is 10.5. The molecular weight excluding hydrogens is 476 g/mol. The van der Waals surface area contributed by atoms with Crippen molar-refractivity contribution in [2.45, 2.75) is 13.3 Å². The SMILES string of the molecule is CCCNC(=O)C(=O)N/N=C\c1cc(Br)ccc1OCC(=O)Nc1ccccc1Cl. The molecule has 10 heteroatoms. The molecule has 0 bridgehead atoms. The molecule has 2 aromatic rings. The molecule has 30 heavy (non-hydrogen) atoms. The van der Waals surface area contributed by atoms with Crippen molar-refractivity contribution < 1.29 is 19.1 Å². The molecule has 0 aliphatic heterocycles. The molecule has 0 heterocycles. The van der Waals surface area contributed by atoms with E-state index in [2.05, 4.69) is 37.1 Å². The summed E-state index contributed by atoms with van der Waals surface area (Å²) in [4.78, 5) is 35.3. The molecule has 3 N–H and O–H groups in total. The van der Waals surface area contributed by atoms with Crippen LogP contribution in [0.1, 0.15) is 18.9 Å². The van der Waals surface area contributed by atoms with Gasteiger partial charge < -0.3 is 15.4 Å².